The summed E-state index contributed by atoms with van der Waals surface area (Å²) in [5.41, 5.74) is 1.40. The van der Waals surface area contributed by atoms with E-state index in [0.717, 1.165) is 12.8 Å². The van der Waals surface area contributed by atoms with E-state index in [-0.39, 0.29) is 6.10 Å². The normalized spacial score (nSPS) is 44.1. The van der Waals surface area contributed by atoms with Gasteiger partial charge >= 0.3 is 0 Å². The number of aliphatic hydroxyl groups excluding tert-OH is 1. The van der Waals surface area contributed by atoms with Crippen LogP contribution in [0.1, 0.15) is 32.1 Å². The number of aliphatic hydroxyl groups is 1. The Labute approximate surface area is 68.1 Å². The molecule has 2 rings (SSSR count). The van der Waals surface area contributed by atoms with Gasteiger partial charge in [0.25, 0.3) is 0 Å². The molecule has 2 fully saturated rings. The van der Waals surface area contributed by atoms with Crippen molar-refractivity contribution >= 4 is 0 Å². The molecular weight excluding hydrogens is 136 g/mol. The SMILES string of the molecule is C=C1CCC2C(O)CCCC12. The van der Waals surface area contributed by atoms with Crippen LogP contribution in [0.3, 0.4) is 0 Å². The van der Waals surface area contributed by atoms with Crippen molar-refractivity contribution in [1.29, 1.82) is 0 Å². The van der Waals surface area contributed by atoms with Gasteiger partial charge in [0.15, 0.2) is 0 Å². The maximum atomic E-state index is 9.66. The van der Waals surface area contributed by atoms with Gasteiger partial charge in [-0.25, -0.2) is 0 Å². The molecule has 3 unspecified atom stereocenters. The minimum Gasteiger partial charge on any atom is -0.393 e. The third kappa shape index (κ3) is 1.12. The van der Waals surface area contributed by atoms with Crippen molar-refractivity contribution in [3.05, 3.63) is 12.2 Å². The van der Waals surface area contributed by atoms with E-state index in [1.807, 2.05) is 0 Å². The Hall–Kier alpha value is -0.300. The van der Waals surface area contributed by atoms with Crippen molar-refractivity contribution in [3.63, 3.8) is 0 Å². The van der Waals surface area contributed by atoms with Crippen LogP contribution in [0, 0.1) is 11.8 Å². The summed E-state index contributed by atoms with van der Waals surface area (Å²) in [6, 6.07) is 0. The highest BCUT2D eigenvalue weighted by Crippen LogP contribution is 2.44. The number of fused-ring (bicyclic) bond motifs is 1. The minimum atomic E-state index is -0.0204. The highest BCUT2D eigenvalue weighted by atomic mass is 16.3. The van der Waals surface area contributed by atoms with Gasteiger partial charge in [-0.3, -0.25) is 0 Å². The first-order chi connectivity index (χ1) is 5.29. The monoisotopic (exact) mass is 152 g/mol. The molecule has 1 nitrogen and oxygen atoms in total. The topological polar surface area (TPSA) is 20.2 Å². The van der Waals surface area contributed by atoms with Crippen LogP contribution in [0.5, 0.6) is 0 Å². The molecule has 0 aromatic rings. The maximum absolute atomic E-state index is 9.66. The molecule has 0 aliphatic heterocycles. The fraction of sp³-hybridized carbons (Fsp3) is 0.800. The minimum absolute atomic E-state index is 0.0204. The van der Waals surface area contributed by atoms with Crippen LogP contribution < -0.4 is 0 Å². The van der Waals surface area contributed by atoms with Gasteiger partial charge in [-0.2, -0.15) is 0 Å². The maximum Gasteiger partial charge on any atom is 0.0574 e. The summed E-state index contributed by atoms with van der Waals surface area (Å²) in [5, 5.41) is 9.66. The van der Waals surface area contributed by atoms with Gasteiger partial charge in [-0.15, -0.1) is 0 Å². The smallest absolute Gasteiger partial charge is 0.0574 e. The molecule has 3 atom stereocenters. The van der Waals surface area contributed by atoms with Gasteiger partial charge < -0.3 is 5.11 Å². The quantitative estimate of drug-likeness (QED) is 0.527. The van der Waals surface area contributed by atoms with Crippen LogP contribution in [0.15, 0.2) is 12.2 Å². The highest BCUT2D eigenvalue weighted by Gasteiger charge is 2.37. The van der Waals surface area contributed by atoms with Gasteiger partial charge in [-0.05, 0) is 37.5 Å². The van der Waals surface area contributed by atoms with Crippen molar-refractivity contribution in [3.8, 4) is 0 Å². The van der Waals surface area contributed by atoms with Crippen molar-refractivity contribution in [2.24, 2.45) is 11.8 Å². The van der Waals surface area contributed by atoms with E-state index in [0.29, 0.717) is 11.8 Å². The lowest BCUT2D eigenvalue weighted by Crippen LogP contribution is -2.28. The summed E-state index contributed by atoms with van der Waals surface area (Å²) in [6.07, 6.45) is 5.82. The average Bonchev–Trinajstić information content (AvgIpc) is 2.35. The molecule has 0 heterocycles. The number of rotatable bonds is 0. The lowest BCUT2D eigenvalue weighted by molar-refractivity contribution is 0.0540. The highest BCUT2D eigenvalue weighted by molar-refractivity contribution is 5.11. The first-order valence-electron chi connectivity index (χ1n) is 4.65. The molecule has 0 saturated heterocycles. The molecule has 1 N–H and O–H groups in total. The van der Waals surface area contributed by atoms with Gasteiger partial charge in [0.2, 0.25) is 0 Å². The Kier molecular flexibility index (Phi) is 1.76. The predicted molar refractivity (Wildman–Crippen MR) is 45.2 cm³/mol. The second kappa shape index (κ2) is 2.63. The summed E-state index contributed by atoms with van der Waals surface area (Å²) in [5.74, 6) is 1.23. The number of allylic oxidation sites excluding steroid dienone is 1. The standard InChI is InChI=1S/C10H16O/c1-7-5-6-9-8(7)3-2-4-10(9)11/h8-11H,1-6H2. The molecular formula is C10H16O. The second-order valence-electron chi connectivity index (χ2n) is 3.97. The first kappa shape index (κ1) is 7.35. The zero-order valence-corrected chi connectivity index (χ0v) is 6.92. The Bertz CT molecular complexity index is 174. The van der Waals surface area contributed by atoms with Crippen molar-refractivity contribution in [2.45, 2.75) is 38.2 Å². The molecule has 0 bridgehead atoms. The van der Waals surface area contributed by atoms with Gasteiger partial charge in [0.05, 0.1) is 6.10 Å². The third-order valence-corrected chi connectivity index (χ3v) is 3.35. The molecule has 2 saturated carbocycles. The summed E-state index contributed by atoms with van der Waals surface area (Å²) in [4.78, 5) is 0. The Morgan fingerprint density at radius 3 is 2.82 bits per heavy atom. The van der Waals surface area contributed by atoms with E-state index in [2.05, 4.69) is 6.58 Å². The second-order valence-corrected chi connectivity index (χ2v) is 3.97. The summed E-state index contributed by atoms with van der Waals surface area (Å²) >= 11 is 0. The van der Waals surface area contributed by atoms with Crippen LogP contribution in [-0.2, 0) is 0 Å². The molecule has 0 spiro atoms. The number of hydrogen-bond acceptors (Lipinski definition) is 1. The van der Waals surface area contributed by atoms with E-state index in [1.54, 1.807) is 0 Å². The molecule has 62 valence electrons. The summed E-state index contributed by atoms with van der Waals surface area (Å²) in [7, 11) is 0. The molecule has 2 aliphatic rings. The molecule has 0 aromatic heterocycles. The molecule has 2 aliphatic carbocycles. The zero-order chi connectivity index (χ0) is 7.84. The molecule has 11 heavy (non-hydrogen) atoms. The molecule has 0 aromatic carbocycles. The van der Waals surface area contributed by atoms with Gasteiger partial charge in [0, 0.05) is 0 Å². The predicted octanol–water partition coefficient (Wildman–Crippen LogP) is 2.11. The fourth-order valence-corrected chi connectivity index (χ4v) is 2.68. The zero-order valence-electron chi connectivity index (χ0n) is 6.92. The van der Waals surface area contributed by atoms with Crippen LogP contribution >= 0.6 is 0 Å². The van der Waals surface area contributed by atoms with Crippen LogP contribution in [0.4, 0.5) is 0 Å². The van der Waals surface area contributed by atoms with E-state index in [1.165, 1.54) is 24.8 Å². The van der Waals surface area contributed by atoms with Crippen LogP contribution in [0.25, 0.3) is 0 Å². The van der Waals surface area contributed by atoms with Crippen LogP contribution in [-0.4, -0.2) is 11.2 Å². The Morgan fingerprint density at radius 2 is 2.09 bits per heavy atom. The van der Waals surface area contributed by atoms with E-state index in [9.17, 15) is 5.11 Å². The Balaban J connectivity index is 2.12. The van der Waals surface area contributed by atoms with E-state index >= 15 is 0 Å². The summed E-state index contributed by atoms with van der Waals surface area (Å²) in [6.45, 7) is 4.06. The van der Waals surface area contributed by atoms with Crippen molar-refractivity contribution in [1.82, 2.24) is 0 Å². The van der Waals surface area contributed by atoms with E-state index in [4.69, 9.17) is 0 Å². The van der Waals surface area contributed by atoms with Gasteiger partial charge in [0.1, 0.15) is 0 Å². The van der Waals surface area contributed by atoms with Crippen molar-refractivity contribution in [2.75, 3.05) is 0 Å². The Morgan fingerprint density at radius 1 is 1.27 bits per heavy atom. The summed E-state index contributed by atoms with van der Waals surface area (Å²) < 4.78 is 0. The lowest BCUT2D eigenvalue weighted by Gasteiger charge is -2.30. The fourth-order valence-electron chi connectivity index (χ4n) is 2.68. The van der Waals surface area contributed by atoms with Crippen LogP contribution in [0.2, 0.25) is 0 Å². The molecule has 0 amide bonds. The van der Waals surface area contributed by atoms with E-state index < -0.39 is 0 Å². The third-order valence-electron chi connectivity index (χ3n) is 3.35. The largest absolute Gasteiger partial charge is 0.393 e. The average molecular weight is 152 g/mol. The molecule has 0 radical (unpaired) electrons. The first-order valence-corrected chi connectivity index (χ1v) is 4.65. The van der Waals surface area contributed by atoms with Crippen molar-refractivity contribution < 1.29 is 5.11 Å². The molecule has 1 heteroatoms. The van der Waals surface area contributed by atoms with Gasteiger partial charge in [-0.1, -0.05) is 18.6 Å². The lowest BCUT2D eigenvalue weighted by atomic mass is 9.78. The number of hydrogen-bond donors (Lipinski definition) is 1.